The minimum Gasteiger partial charge on any atom is -0.445 e. The molecule has 0 spiro atoms. The lowest BCUT2D eigenvalue weighted by atomic mass is 9.96. The number of benzene rings is 1. The quantitative estimate of drug-likeness (QED) is 0.910. The Morgan fingerprint density at radius 1 is 1.20 bits per heavy atom. The number of rotatable bonds is 3. The van der Waals surface area contributed by atoms with Crippen LogP contribution in [-0.2, 0) is 16.1 Å². The highest BCUT2D eigenvalue weighted by atomic mass is 16.6. The minimum absolute atomic E-state index is 0.0101. The van der Waals surface area contributed by atoms with Crippen molar-refractivity contribution >= 4 is 12.2 Å². The zero-order chi connectivity index (χ0) is 18.0. The lowest BCUT2D eigenvalue weighted by molar-refractivity contribution is 0.0209. The van der Waals surface area contributed by atoms with E-state index in [-0.39, 0.29) is 30.8 Å². The maximum absolute atomic E-state index is 12.4. The summed E-state index contributed by atoms with van der Waals surface area (Å²) in [5.74, 6) is 0. The van der Waals surface area contributed by atoms with E-state index in [0.717, 1.165) is 24.8 Å². The fourth-order valence-electron chi connectivity index (χ4n) is 3.66. The van der Waals surface area contributed by atoms with Crippen LogP contribution in [0.2, 0.25) is 0 Å². The average molecular weight is 346 g/mol. The largest absolute Gasteiger partial charge is 0.445 e. The minimum atomic E-state index is -0.517. The molecule has 0 aliphatic carbocycles. The van der Waals surface area contributed by atoms with Crippen LogP contribution in [0.5, 0.6) is 0 Å². The maximum Gasteiger partial charge on any atom is 0.410 e. The highest BCUT2D eigenvalue weighted by Gasteiger charge is 2.50. The molecule has 1 aromatic rings. The van der Waals surface area contributed by atoms with Crippen LogP contribution in [0.25, 0.3) is 0 Å². The van der Waals surface area contributed by atoms with Gasteiger partial charge in [0, 0.05) is 6.04 Å². The molecule has 6 heteroatoms. The standard InChI is InChI=1S/C19H26N2O4/c1-19(2,3)25-18(23)21-14-9-10-16(21)15(11-14)20-17(22)24-12-13-7-5-4-6-8-13/h4-8,14-16H,9-12H2,1-3H3,(H,20,22)/t14-,15+,16+/m0/s1. The third-order valence-electron chi connectivity index (χ3n) is 4.66. The molecule has 2 aliphatic rings. The molecule has 2 fully saturated rings. The first-order valence-electron chi connectivity index (χ1n) is 8.82. The second kappa shape index (κ2) is 6.94. The van der Waals surface area contributed by atoms with Gasteiger partial charge in [0.25, 0.3) is 0 Å². The molecule has 1 aromatic carbocycles. The molecule has 0 unspecified atom stereocenters. The molecule has 0 aromatic heterocycles. The molecule has 2 heterocycles. The van der Waals surface area contributed by atoms with Gasteiger partial charge in [-0.2, -0.15) is 0 Å². The molecular formula is C19H26N2O4. The van der Waals surface area contributed by atoms with Crippen molar-refractivity contribution in [1.29, 1.82) is 0 Å². The summed E-state index contributed by atoms with van der Waals surface area (Å²) >= 11 is 0. The van der Waals surface area contributed by atoms with E-state index >= 15 is 0 Å². The molecule has 2 amide bonds. The van der Waals surface area contributed by atoms with Gasteiger partial charge < -0.3 is 19.7 Å². The number of carbonyl (C=O) groups excluding carboxylic acids is 2. The fraction of sp³-hybridized carbons (Fsp3) is 0.579. The summed E-state index contributed by atoms with van der Waals surface area (Å²) in [5, 5.41) is 2.92. The van der Waals surface area contributed by atoms with Gasteiger partial charge >= 0.3 is 12.2 Å². The highest BCUT2D eigenvalue weighted by Crippen LogP contribution is 2.38. The number of alkyl carbamates (subject to hydrolysis) is 1. The van der Waals surface area contributed by atoms with E-state index in [9.17, 15) is 9.59 Å². The zero-order valence-electron chi connectivity index (χ0n) is 15.0. The summed E-state index contributed by atoms with van der Waals surface area (Å²) < 4.78 is 10.8. The van der Waals surface area contributed by atoms with Gasteiger partial charge in [-0.15, -0.1) is 0 Å². The van der Waals surface area contributed by atoms with Crippen molar-refractivity contribution in [2.24, 2.45) is 0 Å². The van der Waals surface area contributed by atoms with Crippen LogP contribution in [0.3, 0.4) is 0 Å². The van der Waals surface area contributed by atoms with Gasteiger partial charge in [-0.1, -0.05) is 30.3 Å². The topological polar surface area (TPSA) is 67.9 Å². The van der Waals surface area contributed by atoms with E-state index in [4.69, 9.17) is 9.47 Å². The SMILES string of the molecule is CC(C)(C)OC(=O)N1[C@H]2CC[C@@H]1[C@H](NC(=O)OCc1ccccc1)C2. The van der Waals surface area contributed by atoms with Crippen molar-refractivity contribution in [3.63, 3.8) is 0 Å². The molecule has 25 heavy (non-hydrogen) atoms. The van der Waals surface area contributed by atoms with Crippen molar-refractivity contribution in [2.45, 2.75) is 70.4 Å². The average Bonchev–Trinajstić information content (AvgIpc) is 3.10. The van der Waals surface area contributed by atoms with Gasteiger partial charge in [-0.05, 0) is 45.6 Å². The number of ether oxygens (including phenoxy) is 2. The van der Waals surface area contributed by atoms with Crippen LogP contribution in [0.4, 0.5) is 9.59 Å². The Hall–Kier alpha value is -2.24. The van der Waals surface area contributed by atoms with Gasteiger partial charge in [-0.25, -0.2) is 9.59 Å². The van der Waals surface area contributed by atoms with Gasteiger partial charge in [0.1, 0.15) is 12.2 Å². The number of nitrogens with zero attached hydrogens (tertiary/aromatic N) is 1. The Bertz CT molecular complexity index is 626. The molecule has 2 saturated heterocycles. The highest BCUT2D eigenvalue weighted by molar-refractivity contribution is 5.71. The third-order valence-corrected chi connectivity index (χ3v) is 4.66. The van der Waals surface area contributed by atoms with Crippen molar-refractivity contribution < 1.29 is 19.1 Å². The Morgan fingerprint density at radius 2 is 1.92 bits per heavy atom. The van der Waals surface area contributed by atoms with E-state index in [1.165, 1.54) is 0 Å². The van der Waals surface area contributed by atoms with E-state index in [1.807, 2.05) is 51.1 Å². The number of hydrogen-bond donors (Lipinski definition) is 1. The van der Waals surface area contributed by atoms with E-state index < -0.39 is 11.7 Å². The Kier molecular flexibility index (Phi) is 4.88. The summed E-state index contributed by atoms with van der Waals surface area (Å²) in [6, 6.07) is 9.61. The van der Waals surface area contributed by atoms with Crippen LogP contribution >= 0.6 is 0 Å². The normalized spacial score (nSPS) is 24.9. The molecule has 136 valence electrons. The van der Waals surface area contributed by atoms with Crippen molar-refractivity contribution in [2.75, 3.05) is 0 Å². The molecule has 3 rings (SSSR count). The molecule has 1 N–H and O–H groups in total. The monoisotopic (exact) mass is 346 g/mol. The summed E-state index contributed by atoms with van der Waals surface area (Å²) in [7, 11) is 0. The van der Waals surface area contributed by atoms with Crippen molar-refractivity contribution in [1.82, 2.24) is 10.2 Å². The summed E-state index contributed by atoms with van der Waals surface area (Å²) in [6.45, 7) is 5.82. The molecule has 2 bridgehead atoms. The van der Waals surface area contributed by atoms with Gasteiger partial charge in [0.05, 0.1) is 12.1 Å². The first kappa shape index (κ1) is 17.6. The van der Waals surface area contributed by atoms with Gasteiger partial charge in [-0.3, -0.25) is 0 Å². The Balaban J connectivity index is 1.52. The van der Waals surface area contributed by atoms with E-state index in [1.54, 1.807) is 4.90 Å². The molecule has 0 radical (unpaired) electrons. The van der Waals surface area contributed by atoms with Crippen molar-refractivity contribution in [3.8, 4) is 0 Å². The van der Waals surface area contributed by atoms with Crippen LogP contribution in [0.1, 0.15) is 45.6 Å². The Morgan fingerprint density at radius 3 is 2.60 bits per heavy atom. The first-order valence-corrected chi connectivity index (χ1v) is 8.82. The van der Waals surface area contributed by atoms with Crippen LogP contribution < -0.4 is 5.32 Å². The molecule has 3 atom stereocenters. The van der Waals surface area contributed by atoms with Gasteiger partial charge in [0.15, 0.2) is 0 Å². The number of fused-ring (bicyclic) bond motifs is 2. The summed E-state index contributed by atoms with van der Waals surface area (Å²) in [6.07, 6.45) is 1.87. The molecule has 6 nitrogen and oxygen atoms in total. The zero-order valence-corrected chi connectivity index (χ0v) is 15.0. The van der Waals surface area contributed by atoms with Crippen LogP contribution in [0.15, 0.2) is 30.3 Å². The predicted molar refractivity (Wildman–Crippen MR) is 93.1 cm³/mol. The lowest BCUT2D eigenvalue weighted by Crippen LogP contribution is -2.46. The molecule has 2 aliphatic heterocycles. The number of nitrogens with one attached hydrogen (secondary N) is 1. The predicted octanol–water partition coefficient (Wildman–Crippen LogP) is 3.45. The Labute approximate surface area is 148 Å². The van der Waals surface area contributed by atoms with Crippen molar-refractivity contribution in [3.05, 3.63) is 35.9 Å². The first-order chi connectivity index (χ1) is 11.8. The third kappa shape index (κ3) is 4.24. The smallest absolute Gasteiger partial charge is 0.410 e. The second-order valence-electron chi connectivity index (χ2n) is 7.73. The van der Waals surface area contributed by atoms with E-state index in [2.05, 4.69) is 5.32 Å². The van der Waals surface area contributed by atoms with E-state index in [0.29, 0.717) is 0 Å². The maximum atomic E-state index is 12.4. The number of carbonyl (C=O) groups is 2. The lowest BCUT2D eigenvalue weighted by Gasteiger charge is -2.28. The number of hydrogen-bond acceptors (Lipinski definition) is 4. The summed E-state index contributed by atoms with van der Waals surface area (Å²) in [5.41, 5.74) is 0.428. The molecular weight excluding hydrogens is 320 g/mol. The summed E-state index contributed by atoms with van der Waals surface area (Å²) in [4.78, 5) is 26.3. The van der Waals surface area contributed by atoms with Crippen LogP contribution in [-0.4, -0.2) is 40.8 Å². The second-order valence-corrected chi connectivity index (χ2v) is 7.73. The fourth-order valence-corrected chi connectivity index (χ4v) is 3.66. The number of amides is 2. The molecule has 0 saturated carbocycles. The van der Waals surface area contributed by atoms with Gasteiger partial charge in [0.2, 0.25) is 0 Å². The van der Waals surface area contributed by atoms with Crippen LogP contribution in [0, 0.1) is 0 Å².